The molecule has 21 heavy (non-hydrogen) atoms. The molecule has 9 heteroatoms. The molecule has 0 fully saturated rings. The minimum Gasteiger partial charge on any atom is -0.465 e. The smallest absolute Gasteiger partial charge is 0.368 e. The van der Waals surface area contributed by atoms with Gasteiger partial charge >= 0.3 is 5.69 Å². The summed E-state index contributed by atoms with van der Waals surface area (Å²) in [6.45, 7) is 3.97. The van der Waals surface area contributed by atoms with E-state index in [2.05, 4.69) is 22.0 Å². The summed E-state index contributed by atoms with van der Waals surface area (Å²) in [4.78, 5) is 16.8. The maximum Gasteiger partial charge on any atom is 0.368 e. The van der Waals surface area contributed by atoms with Gasteiger partial charge < -0.3 is 4.74 Å². The Hall–Kier alpha value is -2.26. The Bertz CT molecular complexity index is 878. The van der Waals surface area contributed by atoms with Crippen molar-refractivity contribution in [3.05, 3.63) is 44.4 Å². The average Bonchev–Trinajstić information content (AvgIpc) is 3.18. The predicted octanol–water partition coefficient (Wildman–Crippen LogP) is 1.71. The van der Waals surface area contributed by atoms with Crippen LogP contribution >= 0.6 is 22.7 Å². The Labute approximate surface area is 129 Å². The third-order valence-corrected chi connectivity index (χ3v) is 4.39. The summed E-state index contributed by atoms with van der Waals surface area (Å²) in [6, 6.07) is 0. The largest absolute Gasteiger partial charge is 0.465 e. The van der Waals surface area contributed by atoms with E-state index >= 15 is 0 Å². The molecule has 0 radical (unpaired) electrons. The molecular weight excluding hydrogens is 310 g/mol. The first-order valence-electron chi connectivity index (χ1n) is 6.37. The molecule has 3 rings (SSSR count). The van der Waals surface area contributed by atoms with Gasteiger partial charge in [-0.3, -0.25) is 0 Å². The van der Waals surface area contributed by atoms with Crippen LogP contribution in [0.25, 0.3) is 11.8 Å². The summed E-state index contributed by atoms with van der Waals surface area (Å²) in [5, 5.41) is 11.4. The zero-order chi connectivity index (χ0) is 15.7. The van der Waals surface area contributed by atoms with E-state index in [1.54, 1.807) is 11.5 Å². The fourth-order valence-corrected chi connectivity index (χ4v) is 3.05. The molecule has 0 spiro atoms. The van der Waals surface area contributed by atoms with Gasteiger partial charge in [-0.25, -0.2) is 9.78 Å². The van der Waals surface area contributed by atoms with Gasteiger partial charge in [0.25, 0.3) is 5.19 Å². The highest BCUT2D eigenvalue weighted by Gasteiger charge is 2.16. The predicted molar refractivity (Wildman–Crippen MR) is 81.0 cm³/mol. The molecule has 0 atom stereocenters. The van der Waals surface area contributed by atoms with E-state index in [0.717, 1.165) is 15.1 Å². The highest BCUT2D eigenvalue weighted by atomic mass is 32.1. The molecule has 0 unspecified atom stereocenters. The van der Waals surface area contributed by atoms with E-state index in [-0.39, 0.29) is 18.5 Å². The standard InChI is InChI=1S/C12H11N5O2S2/c1-3-10-8(6-19-11-13-4-5-20-11)9(7-21-10)17-12(18)16(2)14-15-17/h3-5,7H,1,6H2,2H3/i4T. The van der Waals surface area contributed by atoms with Crippen molar-refractivity contribution in [3.63, 3.8) is 0 Å². The minimum absolute atomic E-state index is 0.166. The highest BCUT2D eigenvalue weighted by molar-refractivity contribution is 7.11. The van der Waals surface area contributed by atoms with Crippen LogP contribution < -0.4 is 10.4 Å². The summed E-state index contributed by atoms with van der Waals surface area (Å²) < 4.78 is 15.4. The zero-order valence-electron chi connectivity index (χ0n) is 12.0. The topological polar surface area (TPSA) is 74.8 Å². The Balaban J connectivity index is 1.95. The molecule has 0 amide bonds. The minimum atomic E-state index is -0.336. The number of hydrogen-bond acceptors (Lipinski definition) is 7. The highest BCUT2D eigenvalue weighted by Crippen LogP contribution is 2.27. The monoisotopic (exact) mass is 323 g/mol. The van der Waals surface area contributed by atoms with Crippen molar-refractivity contribution < 1.29 is 6.11 Å². The second kappa shape index (κ2) is 5.62. The van der Waals surface area contributed by atoms with Crippen molar-refractivity contribution in [2.75, 3.05) is 0 Å². The molecule has 0 saturated carbocycles. The summed E-state index contributed by atoms with van der Waals surface area (Å²) in [5.74, 6) is 0. The number of rotatable bonds is 5. The molecule has 3 aromatic heterocycles. The van der Waals surface area contributed by atoms with Crippen LogP contribution in [0.5, 0.6) is 5.19 Å². The lowest BCUT2D eigenvalue weighted by atomic mass is 10.2. The van der Waals surface area contributed by atoms with Gasteiger partial charge in [-0.15, -0.1) is 11.3 Å². The first kappa shape index (κ1) is 12.5. The number of aromatic nitrogens is 5. The van der Waals surface area contributed by atoms with Gasteiger partial charge in [-0.1, -0.05) is 24.0 Å². The van der Waals surface area contributed by atoms with Gasteiger partial charge in [0.2, 0.25) is 0 Å². The van der Waals surface area contributed by atoms with Gasteiger partial charge in [-0.05, 0) is 10.4 Å². The summed E-state index contributed by atoms with van der Waals surface area (Å²) in [7, 11) is 1.54. The molecular formula is C12H11N5O2S2. The summed E-state index contributed by atoms with van der Waals surface area (Å²) in [5.41, 5.74) is 1.06. The average molecular weight is 323 g/mol. The van der Waals surface area contributed by atoms with Crippen LogP contribution in [0.4, 0.5) is 0 Å². The summed E-state index contributed by atoms with van der Waals surface area (Å²) >= 11 is 2.69. The lowest BCUT2D eigenvalue weighted by Crippen LogP contribution is -2.22. The number of tetrazole rings is 1. The fraction of sp³-hybridized carbons (Fsp3) is 0.167. The second-order valence-corrected chi connectivity index (χ2v) is 5.73. The van der Waals surface area contributed by atoms with Crippen LogP contribution in [0.3, 0.4) is 0 Å². The van der Waals surface area contributed by atoms with Crippen molar-refractivity contribution in [2.24, 2.45) is 7.05 Å². The first-order valence-corrected chi connectivity index (χ1v) is 7.63. The number of nitrogens with zero attached hydrogens (tertiary/aromatic N) is 5. The third kappa shape index (κ3) is 2.52. The molecule has 0 N–H and O–H groups in total. The van der Waals surface area contributed by atoms with Gasteiger partial charge in [0.1, 0.15) is 6.61 Å². The van der Waals surface area contributed by atoms with Crippen molar-refractivity contribution in [1.29, 1.82) is 0 Å². The lowest BCUT2D eigenvalue weighted by Gasteiger charge is -2.05. The molecule has 0 aliphatic rings. The van der Waals surface area contributed by atoms with Crippen LogP contribution in [0, 0.1) is 0 Å². The second-order valence-electron chi connectivity index (χ2n) is 4.00. The van der Waals surface area contributed by atoms with E-state index < -0.39 is 0 Å². The molecule has 0 saturated heterocycles. The van der Waals surface area contributed by atoms with Crippen LogP contribution in [0.2, 0.25) is 0 Å². The quantitative estimate of drug-likeness (QED) is 0.714. The number of thiazole rings is 1. The molecule has 0 aliphatic carbocycles. The molecule has 0 aliphatic heterocycles. The molecule has 7 nitrogen and oxygen atoms in total. The van der Waals surface area contributed by atoms with Crippen LogP contribution in [0.1, 0.15) is 11.8 Å². The van der Waals surface area contributed by atoms with Gasteiger partial charge in [0.05, 0.1) is 7.06 Å². The molecule has 0 bridgehead atoms. The lowest BCUT2D eigenvalue weighted by molar-refractivity contribution is 0.304. The SMILES string of the molecule is [3H]c1csc(OCc2c(-n3nnn(C)c3=O)csc2C=C)n1. The number of thiophene rings is 1. The summed E-state index contributed by atoms with van der Waals surface area (Å²) in [6.07, 6.45) is 1.87. The van der Waals surface area contributed by atoms with Crippen molar-refractivity contribution in [3.8, 4) is 10.9 Å². The van der Waals surface area contributed by atoms with E-state index in [1.165, 1.54) is 34.4 Å². The normalized spacial score (nSPS) is 11.4. The Morgan fingerprint density at radius 1 is 1.52 bits per heavy atom. The van der Waals surface area contributed by atoms with Gasteiger partial charge in [0.15, 0.2) is 0 Å². The third-order valence-electron chi connectivity index (χ3n) is 2.75. The molecule has 3 heterocycles. The molecule has 3 aromatic rings. The maximum atomic E-state index is 12.0. The molecule has 108 valence electrons. The number of hydrogen-bond donors (Lipinski definition) is 0. The Kier molecular flexibility index (Phi) is 3.34. The Morgan fingerprint density at radius 3 is 3.00 bits per heavy atom. The van der Waals surface area contributed by atoms with Crippen molar-refractivity contribution in [2.45, 2.75) is 6.61 Å². The zero-order valence-corrected chi connectivity index (χ0v) is 12.6. The van der Waals surface area contributed by atoms with Crippen LogP contribution in [-0.4, -0.2) is 24.8 Å². The molecule has 0 aromatic carbocycles. The van der Waals surface area contributed by atoms with E-state index in [9.17, 15) is 4.79 Å². The van der Waals surface area contributed by atoms with Crippen LogP contribution in [0.15, 0.2) is 28.3 Å². The van der Waals surface area contributed by atoms with Gasteiger partial charge in [-0.2, -0.15) is 9.36 Å². The van der Waals surface area contributed by atoms with Crippen molar-refractivity contribution >= 4 is 28.7 Å². The maximum absolute atomic E-state index is 12.0. The van der Waals surface area contributed by atoms with Gasteiger partial charge in [0, 0.05) is 34.4 Å². The van der Waals surface area contributed by atoms with Crippen molar-refractivity contribution in [1.82, 2.24) is 24.8 Å². The number of aryl methyl sites for hydroxylation is 1. The van der Waals surface area contributed by atoms with E-state index in [4.69, 9.17) is 6.11 Å². The number of ether oxygens (including phenoxy) is 1. The van der Waals surface area contributed by atoms with E-state index in [0.29, 0.717) is 10.9 Å². The van der Waals surface area contributed by atoms with E-state index in [1.807, 2.05) is 5.38 Å². The van der Waals surface area contributed by atoms with Crippen LogP contribution in [-0.2, 0) is 13.7 Å². The fourth-order valence-electron chi connectivity index (χ4n) is 1.73. The Morgan fingerprint density at radius 2 is 2.38 bits per heavy atom. The first-order chi connectivity index (χ1) is 10.6.